The second-order valence-corrected chi connectivity index (χ2v) is 5.86. The normalized spacial score (nSPS) is 16.7. The maximum atomic E-state index is 14.0. The van der Waals surface area contributed by atoms with Gasteiger partial charge < -0.3 is 14.3 Å². The van der Waals surface area contributed by atoms with Gasteiger partial charge in [0.05, 0.1) is 18.2 Å². The number of aromatic nitrogens is 2. The zero-order chi connectivity index (χ0) is 14.8. The summed E-state index contributed by atoms with van der Waals surface area (Å²) in [6, 6.07) is 2.61. The fourth-order valence-electron chi connectivity index (χ4n) is 2.94. The lowest BCUT2D eigenvalue weighted by Crippen LogP contribution is -2.19. The zero-order valence-corrected chi connectivity index (χ0v) is 12.5. The first-order chi connectivity index (χ1) is 10.2. The van der Waals surface area contributed by atoms with E-state index in [4.69, 9.17) is 17.0 Å². The quantitative estimate of drug-likeness (QED) is 0.852. The third-order valence-corrected chi connectivity index (χ3v) is 4.37. The van der Waals surface area contributed by atoms with E-state index in [0.717, 1.165) is 18.9 Å². The van der Waals surface area contributed by atoms with Crippen LogP contribution in [0.25, 0.3) is 11.0 Å². The van der Waals surface area contributed by atoms with Crippen LogP contribution in [0, 0.1) is 16.4 Å². The monoisotopic (exact) mass is 312 g/mol. The maximum absolute atomic E-state index is 14.0. The number of halogens is 2. The highest BCUT2D eigenvalue weighted by Crippen LogP contribution is 2.22. The standard InChI is InChI=1S/C15H18F2N2OS/c16-11-6-7-12-14(13(11)17)19(15(21)18-12)8-9-20-10-4-2-1-3-5-10/h6-7,10H,1-5,8-9H2,(H,18,21). The fraction of sp³-hybridized carbons (Fsp3) is 0.533. The van der Waals surface area contributed by atoms with Crippen LogP contribution in [0.15, 0.2) is 12.1 Å². The minimum atomic E-state index is -0.863. The van der Waals surface area contributed by atoms with Crippen LogP contribution in [0.4, 0.5) is 8.78 Å². The number of rotatable bonds is 4. The Hall–Kier alpha value is -1.27. The molecule has 1 aromatic carbocycles. The number of benzene rings is 1. The van der Waals surface area contributed by atoms with Gasteiger partial charge in [-0.3, -0.25) is 0 Å². The van der Waals surface area contributed by atoms with Gasteiger partial charge in [0, 0.05) is 6.54 Å². The van der Waals surface area contributed by atoms with Crippen molar-refractivity contribution in [1.29, 1.82) is 0 Å². The molecule has 0 spiro atoms. The van der Waals surface area contributed by atoms with Crippen molar-refractivity contribution in [2.24, 2.45) is 0 Å². The number of fused-ring (bicyclic) bond motifs is 1. The predicted molar refractivity (Wildman–Crippen MR) is 79.9 cm³/mol. The molecule has 114 valence electrons. The molecule has 0 amide bonds. The SMILES string of the molecule is Fc1ccc2[nH]c(=S)n(CCOC3CCCCC3)c2c1F. The summed E-state index contributed by atoms with van der Waals surface area (Å²) in [6.45, 7) is 0.886. The Morgan fingerprint density at radius 3 is 2.76 bits per heavy atom. The average molecular weight is 312 g/mol. The Morgan fingerprint density at radius 2 is 2.00 bits per heavy atom. The molecule has 0 unspecified atom stereocenters. The number of H-pyrrole nitrogens is 1. The van der Waals surface area contributed by atoms with Crippen molar-refractivity contribution in [3.63, 3.8) is 0 Å². The van der Waals surface area contributed by atoms with Gasteiger partial charge in [0.15, 0.2) is 16.4 Å². The molecule has 1 fully saturated rings. The molecule has 6 heteroatoms. The molecule has 1 aliphatic rings. The van der Waals surface area contributed by atoms with Gasteiger partial charge in [-0.25, -0.2) is 8.78 Å². The lowest BCUT2D eigenvalue weighted by atomic mass is 9.98. The summed E-state index contributed by atoms with van der Waals surface area (Å²) < 4.78 is 35.1. The molecule has 0 aliphatic heterocycles. The number of imidazole rings is 1. The number of nitrogens with one attached hydrogen (secondary N) is 1. The van der Waals surface area contributed by atoms with Gasteiger partial charge in [-0.05, 0) is 37.2 Å². The molecule has 2 aromatic rings. The summed E-state index contributed by atoms with van der Waals surface area (Å²) in [5.74, 6) is -1.73. The van der Waals surface area contributed by atoms with E-state index < -0.39 is 11.6 Å². The van der Waals surface area contributed by atoms with E-state index in [-0.39, 0.29) is 5.52 Å². The molecule has 21 heavy (non-hydrogen) atoms. The van der Waals surface area contributed by atoms with Crippen LogP contribution < -0.4 is 0 Å². The summed E-state index contributed by atoms with van der Waals surface area (Å²) in [5, 5.41) is 0. The molecule has 1 aliphatic carbocycles. The van der Waals surface area contributed by atoms with Crippen molar-refractivity contribution >= 4 is 23.3 Å². The Bertz CT molecular complexity index is 689. The molecule has 0 radical (unpaired) electrons. The summed E-state index contributed by atoms with van der Waals surface area (Å²) in [6.07, 6.45) is 6.15. The molecule has 1 N–H and O–H groups in total. The second-order valence-electron chi connectivity index (χ2n) is 5.47. The van der Waals surface area contributed by atoms with Crippen molar-refractivity contribution in [2.45, 2.75) is 44.8 Å². The van der Waals surface area contributed by atoms with Crippen molar-refractivity contribution in [2.75, 3.05) is 6.61 Å². The van der Waals surface area contributed by atoms with E-state index in [0.29, 0.717) is 29.5 Å². The minimum Gasteiger partial charge on any atom is -0.376 e. The largest absolute Gasteiger partial charge is 0.376 e. The lowest BCUT2D eigenvalue weighted by molar-refractivity contribution is 0.0243. The third-order valence-electron chi connectivity index (χ3n) is 4.05. The highest BCUT2D eigenvalue weighted by atomic mass is 32.1. The first-order valence-corrected chi connectivity index (χ1v) is 7.76. The van der Waals surface area contributed by atoms with E-state index in [1.54, 1.807) is 4.57 Å². The first-order valence-electron chi connectivity index (χ1n) is 7.35. The Labute approximate surface area is 126 Å². The predicted octanol–water partition coefficient (Wildman–Crippen LogP) is 4.33. The van der Waals surface area contributed by atoms with Gasteiger partial charge in [-0.15, -0.1) is 0 Å². The van der Waals surface area contributed by atoms with E-state index in [1.165, 1.54) is 25.3 Å². The number of hydrogen-bond acceptors (Lipinski definition) is 2. The Kier molecular flexibility index (Phi) is 4.35. The van der Waals surface area contributed by atoms with E-state index in [2.05, 4.69) is 4.98 Å². The van der Waals surface area contributed by atoms with Crippen molar-refractivity contribution < 1.29 is 13.5 Å². The van der Waals surface area contributed by atoms with Crippen LogP contribution in [-0.2, 0) is 11.3 Å². The topological polar surface area (TPSA) is 29.9 Å². The summed E-state index contributed by atoms with van der Waals surface area (Å²) in [7, 11) is 0. The highest BCUT2D eigenvalue weighted by Gasteiger charge is 2.16. The molecule has 3 nitrogen and oxygen atoms in total. The van der Waals surface area contributed by atoms with Gasteiger partial charge in [-0.1, -0.05) is 19.3 Å². The van der Waals surface area contributed by atoms with Gasteiger partial charge in [-0.2, -0.15) is 0 Å². The average Bonchev–Trinajstić information content (AvgIpc) is 2.81. The van der Waals surface area contributed by atoms with Crippen LogP contribution in [0.5, 0.6) is 0 Å². The van der Waals surface area contributed by atoms with Crippen molar-refractivity contribution in [3.05, 3.63) is 28.5 Å². The van der Waals surface area contributed by atoms with Gasteiger partial charge in [0.25, 0.3) is 0 Å². The van der Waals surface area contributed by atoms with Crippen molar-refractivity contribution in [1.82, 2.24) is 9.55 Å². The molecule has 1 aromatic heterocycles. The molecular weight excluding hydrogens is 294 g/mol. The maximum Gasteiger partial charge on any atom is 0.184 e. The molecular formula is C15H18F2N2OS. The van der Waals surface area contributed by atoms with Crippen LogP contribution in [0.2, 0.25) is 0 Å². The van der Waals surface area contributed by atoms with Crippen molar-refractivity contribution in [3.8, 4) is 0 Å². The van der Waals surface area contributed by atoms with Crippen LogP contribution in [-0.4, -0.2) is 22.3 Å². The number of nitrogens with zero attached hydrogens (tertiary/aromatic N) is 1. The Morgan fingerprint density at radius 1 is 1.24 bits per heavy atom. The molecule has 1 saturated carbocycles. The third kappa shape index (κ3) is 3.01. The molecule has 0 bridgehead atoms. The van der Waals surface area contributed by atoms with E-state index in [1.807, 2.05) is 0 Å². The van der Waals surface area contributed by atoms with Crippen LogP contribution in [0.1, 0.15) is 32.1 Å². The minimum absolute atomic E-state index is 0.187. The van der Waals surface area contributed by atoms with Crippen LogP contribution in [0.3, 0.4) is 0 Å². The van der Waals surface area contributed by atoms with E-state index in [9.17, 15) is 8.78 Å². The molecule has 3 rings (SSSR count). The Balaban J connectivity index is 1.75. The number of ether oxygens (including phenoxy) is 1. The fourth-order valence-corrected chi connectivity index (χ4v) is 3.24. The zero-order valence-electron chi connectivity index (χ0n) is 11.7. The molecule has 0 atom stereocenters. The first kappa shape index (κ1) is 14.7. The second kappa shape index (κ2) is 6.23. The summed E-state index contributed by atoms with van der Waals surface area (Å²) >= 11 is 5.19. The smallest absolute Gasteiger partial charge is 0.184 e. The number of aromatic amines is 1. The molecule has 1 heterocycles. The van der Waals surface area contributed by atoms with Crippen LogP contribution >= 0.6 is 12.2 Å². The lowest BCUT2D eigenvalue weighted by Gasteiger charge is -2.22. The highest BCUT2D eigenvalue weighted by molar-refractivity contribution is 7.71. The van der Waals surface area contributed by atoms with Gasteiger partial charge in [0.2, 0.25) is 0 Å². The number of hydrogen-bond donors (Lipinski definition) is 1. The van der Waals surface area contributed by atoms with Gasteiger partial charge >= 0.3 is 0 Å². The van der Waals surface area contributed by atoms with E-state index >= 15 is 0 Å². The summed E-state index contributed by atoms with van der Waals surface area (Å²) in [5.41, 5.74) is 0.698. The summed E-state index contributed by atoms with van der Waals surface area (Å²) in [4.78, 5) is 2.90. The molecule has 0 saturated heterocycles. The van der Waals surface area contributed by atoms with Gasteiger partial charge in [0.1, 0.15) is 5.52 Å².